The fourth-order valence-corrected chi connectivity index (χ4v) is 2.35. The van der Waals surface area contributed by atoms with Crippen molar-refractivity contribution in [3.63, 3.8) is 0 Å². The summed E-state index contributed by atoms with van der Waals surface area (Å²) < 4.78 is 2.75. The minimum Gasteiger partial charge on any atom is -0.383 e. The van der Waals surface area contributed by atoms with Crippen molar-refractivity contribution in [2.75, 3.05) is 20.6 Å². The fourth-order valence-electron chi connectivity index (χ4n) is 1.67. The standard InChI is InChI=1S/C13H24BrN3O/c1-12(2,3)13(4,18)11-10(14)9-15-17(11)8-7-16(5)6/h9,18H,7-8H2,1-6H3. The molecule has 18 heavy (non-hydrogen) atoms. The van der Waals surface area contributed by atoms with Gasteiger partial charge in [-0.15, -0.1) is 0 Å². The second kappa shape index (κ2) is 5.31. The molecule has 1 rings (SSSR count). The van der Waals surface area contributed by atoms with Crippen molar-refractivity contribution in [2.24, 2.45) is 5.41 Å². The summed E-state index contributed by atoms with van der Waals surface area (Å²) in [4.78, 5) is 2.10. The molecule has 1 unspecified atom stereocenters. The second-order valence-corrected chi connectivity index (χ2v) is 7.04. The smallest absolute Gasteiger partial charge is 0.109 e. The highest BCUT2D eigenvalue weighted by Gasteiger charge is 2.41. The lowest BCUT2D eigenvalue weighted by atomic mass is 9.76. The van der Waals surface area contributed by atoms with Crippen molar-refractivity contribution in [2.45, 2.75) is 39.8 Å². The number of nitrogens with zero attached hydrogens (tertiary/aromatic N) is 3. The third-order valence-electron chi connectivity index (χ3n) is 3.48. The van der Waals surface area contributed by atoms with Crippen LogP contribution in [-0.4, -0.2) is 40.4 Å². The molecule has 4 nitrogen and oxygen atoms in total. The molecule has 0 aliphatic rings. The Bertz CT molecular complexity index is 405. The molecule has 0 aliphatic carbocycles. The van der Waals surface area contributed by atoms with Gasteiger partial charge in [0, 0.05) is 6.54 Å². The molecule has 1 atom stereocenters. The third kappa shape index (κ3) is 3.13. The first-order valence-corrected chi connectivity index (χ1v) is 6.95. The highest BCUT2D eigenvalue weighted by Crippen LogP contribution is 2.41. The summed E-state index contributed by atoms with van der Waals surface area (Å²) in [5, 5.41) is 15.2. The van der Waals surface area contributed by atoms with Crippen LogP contribution in [0.5, 0.6) is 0 Å². The minimum atomic E-state index is -0.936. The van der Waals surface area contributed by atoms with Gasteiger partial charge in [-0.25, -0.2) is 0 Å². The zero-order chi connectivity index (χ0) is 14.1. The van der Waals surface area contributed by atoms with Crippen LogP contribution in [0.25, 0.3) is 0 Å². The zero-order valence-electron chi connectivity index (χ0n) is 12.2. The Labute approximate surface area is 118 Å². The van der Waals surface area contributed by atoms with Crippen LogP contribution in [-0.2, 0) is 12.1 Å². The molecule has 0 amide bonds. The van der Waals surface area contributed by atoms with Crippen LogP contribution in [0, 0.1) is 5.41 Å². The molecule has 0 radical (unpaired) electrons. The van der Waals surface area contributed by atoms with Crippen LogP contribution >= 0.6 is 15.9 Å². The molecule has 5 heteroatoms. The van der Waals surface area contributed by atoms with Crippen molar-refractivity contribution >= 4 is 15.9 Å². The molecule has 0 saturated heterocycles. The quantitative estimate of drug-likeness (QED) is 0.927. The summed E-state index contributed by atoms with van der Waals surface area (Å²) in [7, 11) is 4.06. The largest absolute Gasteiger partial charge is 0.383 e. The van der Waals surface area contributed by atoms with E-state index in [9.17, 15) is 5.11 Å². The van der Waals surface area contributed by atoms with E-state index in [1.165, 1.54) is 0 Å². The first kappa shape index (κ1) is 15.7. The van der Waals surface area contributed by atoms with Gasteiger partial charge in [0.05, 0.1) is 22.9 Å². The summed E-state index contributed by atoms with van der Waals surface area (Å²) in [6, 6.07) is 0. The van der Waals surface area contributed by atoms with E-state index >= 15 is 0 Å². The van der Waals surface area contributed by atoms with E-state index in [0.29, 0.717) is 0 Å². The normalized spacial score (nSPS) is 16.1. The molecule has 104 valence electrons. The lowest BCUT2D eigenvalue weighted by Gasteiger charge is -2.37. The topological polar surface area (TPSA) is 41.3 Å². The van der Waals surface area contributed by atoms with Crippen molar-refractivity contribution < 1.29 is 5.11 Å². The van der Waals surface area contributed by atoms with Gasteiger partial charge in [-0.3, -0.25) is 4.68 Å². The average molecular weight is 318 g/mol. The molecule has 0 bridgehead atoms. The molecule has 0 spiro atoms. The number of rotatable bonds is 4. The number of hydrogen-bond donors (Lipinski definition) is 1. The van der Waals surface area contributed by atoms with E-state index in [0.717, 1.165) is 23.3 Å². The predicted octanol–water partition coefficient (Wildman–Crippen LogP) is 2.46. The van der Waals surface area contributed by atoms with E-state index < -0.39 is 5.60 Å². The Morgan fingerprint density at radius 2 is 1.89 bits per heavy atom. The minimum absolute atomic E-state index is 0.259. The third-order valence-corrected chi connectivity index (χ3v) is 4.06. The van der Waals surface area contributed by atoms with Gasteiger partial charge in [0.25, 0.3) is 0 Å². The molecule has 0 aromatic carbocycles. The van der Waals surface area contributed by atoms with Gasteiger partial charge in [0.15, 0.2) is 0 Å². The lowest BCUT2D eigenvalue weighted by molar-refractivity contribution is -0.0549. The summed E-state index contributed by atoms with van der Waals surface area (Å²) in [6.07, 6.45) is 1.76. The summed E-state index contributed by atoms with van der Waals surface area (Å²) in [6.45, 7) is 9.59. The first-order valence-electron chi connectivity index (χ1n) is 6.16. The number of halogens is 1. The van der Waals surface area contributed by atoms with Gasteiger partial charge in [-0.2, -0.15) is 5.10 Å². The van der Waals surface area contributed by atoms with Crippen molar-refractivity contribution in [1.29, 1.82) is 0 Å². The second-order valence-electron chi connectivity index (χ2n) is 6.19. The van der Waals surface area contributed by atoms with Crippen LogP contribution < -0.4 is 0 Å². The van der Waals surface area contributed by atoms with E-state index in [1.54, 1.807) is 6.20 Å². The molecule has 1 aromatic heterocycles. The highest BCUT2D eigenvalue weighted by molar-refractivity contribution is 9.10. The zero-order valence-corrected chi connectivity index (χ0v) is 13.7. The van der Waals surface area contributed by atoms with Gasteiger partial charge in [0.1, 0.15) is 5.60 Å². The maximum Gasteiger partial charge on any atom is 0.109 e. The van der Waals surface area contributed by atoms with E-state index in [4.69, 9.17) is 0 Å². The maximum atomic E-state index is 10.8. The van der Waals surface area contributed by atoms with E-state index in [1.807, 2.05) is 46.5 Å². The van der Waals surface area contributed by atoms with Crippen molar-refractivity contribution in [3.8, 4) is 0 Å². The number of hydrogen-bond acceptors (Lipinski definition) is 3. The van der Waals surface area contributed by atoms with Gasteiger partial charge in [-0.05, 0) is 42.4 Å². The monoisotopic (exact) mass is 317 g/mol. The summed E-state index contributed by atoms with van der Waals surface area (Å²) in [5.41, 5.74) is -0.350. The molecular formula is C13H24BrN3O. The van der Waals surface area contributed by atoms with Crippen LogP contribution in [0.4, 0.5) is 0 Å². The Hall–Kier alpha value is -0.390. The van der Waals surface area contributed by atoms with E-state index in [2.05, 4.69) is 25.9 Å². The highest BCUT2D eigenvalue weighted by atomic mass is 79.9. The van der Waals surface area contributed by atoms with Crippen LogP contribution in [0.3, 0.4) is 0 Å². The van der Waals surface area contributed by atoms with Gasteiger partial charge >= 0.3 is 0 Å². The molecule has 1 N–H and O–H groups in total. The van der Waals surface area contributed by atoms with Crippen LogP contribution in [0.2, 0.25) is 0 Å². The molecule has 1 heterocycles. The van der Waals surface area contributed by atoms with Gasteiger partial charge < -0.3 is 10.0 Å². The predicted molar refractivity (Wildman–Crippen MR) is 77.5 cm³/mol. The van der Waals surface area contributed by atoms with Gasteiger partial charge in [-0.1, -0.05) is 20.8 Å². The summed E-state index contributed by atoms with van der Waals surface area (Å²) in [5.74, 6) is 0. The van der Waals surface area contributed by atoms with Crippen molar-refractivity contribution in [1.82, 2.24) is 14.7 Å². The van der Waals surface area contributed by atoms with Gasteiger partial charge in [0.2, 0.25) is 0 Å². The fraction of sp³-hybridized carbons (Fsp3) is 0.769. The van der Waals surface area contributed by atoms with E-state index in [-0.39, 0.29) is 5.41 Å². The van der Waals surface area contributed by atoms with Crippen molar-refractivity contribution in [3.05, 3.63) is 16.4 Å². The Balaban J connectivity index is 3.12. The molecule has 0 saturated carbocycles. The van der Waals surface area contributed by atoms with Crippen LogP contribution in [0.15, 0.2) is 10.7 Å². The lowest BCUT2D eigenvalue weighted by Crippen LogP contribution is -2.39. The molecular weight excluding hydrogens is 294 g/mol. The number of aromatic nitrogens is 2. The Kier molecular flexibility index (Phi) is 4.62. The number of aliphatic hydroxyl groups is 1. The average Bonchev–Trinajstić information content (AvgIpc) is 2.55. The Morgan fingerprint density at radius 3 is 2.33 bits per heavy atom. The maximum absolute atomic E-state index is 10.8. The molecule has 0 fully saturated rings. The SMILES string of the molecule is CN(C)CCn1ncc(Br)c1C(C)(O)C(C)(C)C. The molecule has 0 aliphatic heterocycles. The first-order chi connectivity index (χ1) is 8.07. The molecule has 1 aromatic rings. The summed E-state index contributed by atoms with van der Waals surface area (Å²) >= 11 is 3.50. The Morgan fingerprint density at radius 1 is 1.33 bits per heavy atom. The van der Waals surface area contributed by atoms with Crippen LogP contribution in [0.1, 0.15) is 33.4 Å². The number of likely N-dealkylation sites (N-methyl/N-ethyl adjacent to an activating group) is 1.